The van der Waals surface area contributed by atoms with Crippen LogP contribution in [0.3, 0.4) is 0 Å². The van der Waals surface area contributed by atoms with Crippen molar-refractivity contribution in [1.29, 1.82) is 0 Å². The van der Waals surface area contributed by atoms with E-state index >= 15 is 0 Å². The summed E-state index contributed by atoms with van der Waals surface area (Å²) in [7, 11) is 0. The lowest BCUT2D eigenvalue weighted by molar-refractivity contribution is 0.429. The molecule has 2 aromatic heterocycles. The van der Waals surface area contributed by atoms with Crippen molar-refractivity contribution in [1.82, 2.24) is 14.7 Å². The SMILES string of the molecule is Nc1ccn2c(C3CNC3)ncc2c1. The third-order valence-electron chi connectivity index (χ3n) is 2.73. The summed E-state index contributed by atoms with van der Waals surface area (Å²) in [5.41, 5.74) is 7.57. The van der Waals surface area contributed by atoms with Gasteiger partial charge in [-0.15, -0.1) is 0 Å². The van der Waals surface area contributed by atoms with E-state index in [1.165, 1.54) is 0 Å². The van der Waals surface area contributed by atoms with Crippen LogP contribution in [0.25, 0.3) is 5.52 Å². The summed E-state index contributed by atoms with van der Waals surface area (Å²) in [5, 5.41) is 3.25. The number of hydrogen-bond donors (Lipinski definition) is 2. The molecule has 0 saturated carbocycles. The smallest absolute Gasteiger partial charge is 0.118 e. The summed E-state index contributed by atoms with van der Waals surface area (Å²) in [6.07, 6.45) is 3.87. The van der Waals surface area contributed by atoms with Crippen LogP contribution < -0.4 is 11.1 Å². The van der Waals surface area contributed by atoms with Crippen molar-refractivity contribution in [3.63, 3.8) is 0 Å². The Morgan fingerprint density at radius 3 is 3.07 bits per heavy atom. The summed E-state index contributed by atoms with van der Waals surface area (Å²) >= 11 is 0. The number of rotatable bonds is 1. The van der Waals surface area contributed by atoms with Crippen molar-refractivity contribution in [2.45, 2.75) is 5.92 Å². The zero-order valence-corrected chi connectivity index (χ0v) is 7.77. The number of nitrogens with two attached hydrogens (primary N) is 1. The van der Waals surface area contributed by atoms with Gasteiger partial charge in [-0.05, 0) is 12.1 Å². The Balaban J connectivity index is 2.16. The first-order valence-electron chi connectivity index (χ1n) is 4.78. The highest BCUT2D eigenvalue weighted by atomic mass is 15.1. The van der Waals surface area contributed by atoms with Crippen LogP contribution >= 0.6 is 0 Å². The molecule has 0 unspecified atom stereocenters. The number of anilines is 1. The molecule has 0 bridgehead atoms. The lowest BCUT2D eigenvalue weighted by atomic mass is 10.0. The molecule has 1 saturated heterocycles. The van der Waals surface area contributed by atoms with Crippen molar-refractivity contribution in [2.24, 2.45) is 0 Å². The predicted molar refractivity (Wildman–Crippen MR) is 55.2 cm³/mol. The van der Waals surface area contributed by atoms with Crippen LogP contribution in [0.1, 0.15) is 11.7 Å². The van der Waals surface area contributed by atoms with Crippen molar-refractivity contribution in [3.8, 4) is 0 Å². The van der Waals surface area contributed by atoms with Gasteiger partial charge in [-0.3, -0.25) is 0 Å². The highest BCUT2D eigenvalue weighted by Gasteiger charge is 2.22. The highest BCUT2D eigenvalue weighted by molar-refractivity contribution is 5.56. The molecule has 2 aromatic rings. The zero-order chi connectivity index (χ0) is 9.54. The van der Waals surface area contributed by atoms with Crippen molar-refractivity contribution >= 4 is 11.2 Å². The second-order valence-corrected chi connectivity index (χ2v) is 3.73. The van der Waals surface area contributed by atoms with E-state index in [1.807, 2.05) is 24.5 Å². The number of nitrogens with zero attached hydrogens (tertiary/aromatic N) is 2. The molecule has 3 heterocycles. The second-order valence-electron chi connectivity index (χ2n) is 3.73. The van der Waals surface area contributed by atoms with Crippen molar-refractivity contribution < 1.29 is 0 Å². The first kappa shape index (κ1) is 7.82. The molecule has 3 N–H and O–H groups in total. The van der Waals surface area contributed by atoms with E-state index in [1.54, 1.807) is 0 Å². The summed E-state index contributed by atoms with van der Waals surface area (Å²) in [6, 6.07) is 3.85. The van der Waals surface area contributed by atoms with Crippen LogP contribution in [0.4, 0.5) is 5.69 Å². The maximum Gasteiger partial charge on any atom is 0.118 e. The van der Waals surface area contributed by atoms with Crippen LogP contribution in [0.15, 0.2) is 24.5 Å². The quantitative estimate of drug-likeness (QED) is 0.689. The van der Waals surface area contributed by atoms with Gasteiger partial charge in [0.25, 0.3) is 0 Å². The van der Waals surface area contributed by atoms with Gasteiger partial charge in [-0.2, -0.15) is 0 Å². The van der Waals surface area contributed by atoms with E-state index < -0.39 is 0 Å². The fourth-order valence-electron chi connectivity index (χ4n) is 1.81. The van der Waals surface area contributed by atoms with Gasteiger partial charge < -0.3 is 15.5 Å². The Hall–Kier alpha value is -1.55. The van der Waals surface area contributed by atoms with Gasteiger partial charge in [0, 0.05) is 30.9 Å². The number of nitrogens with one attached hydrogen (secondary N) is 1. The molecular weight excluding hydrogens is 176 g/mol. The summed E-state index contributed by atoms with van der Waals surface area (Å²) < 4.78 is 2.11. The number of nitrogen functional groups attached to an aromatic ring is 1. The Morgan fingerprint density at radius 1 is 1.50 bits per heavy atom. The second kappa shape index (κ2) is 2.72. The van der Waals surface area contributed by atoms with Gasteiger partial charge in [-0.1, -0.05) is 0 Å². The average molecular weight is 188 g/mol. The van der Waals surface area contributed by atoms with E-state index in [2.05, 4.69) is 14.7 Å². The average Bonchev–Trinajstić information content (AvgIpc) is 2.45. The molecule has 4 heteroatoms. The van der Waals surface area contributed by atoms with Crippen LogP contribution in [-0.4, -0.2) is 22.5 Å². The van der Waals surface area contributed by atoms with Crippen LogP contribution in [0.5, 0.6) is 0 Å². The van der Waals surface area contributed by atoms with Gasteiger partial charge in [0.2, 0.25) is 0 Å². The summed E-state index contributed by atoms with van der Waals surface area (Å²) in [4.78, 5) is 4.43. The lowest BCUT2D eigenvalue weighted by Crippen LogP contribution is -2.40. The third-order valence-corrected chi connectivity index (χ3v) is 2.73. The van der Waals surface area contributed by atoms with Crippen LogP contribution in [-0.2, 0) is 0 Å². The number of pyridine rings is 1. The van der Waals surface area contributed by atoms with Crippen molar-refractivity contribution in [2.75, 3.05) is 18.8 Å². The minimum atomic E-state index is 0.557. The summed E-state index contributed by atoms with van der Waals surface area (Å²) in [6.45, 7) is 2.06. The molecule has 1 aliphatic rings. The largest absolute Gasteiger partial charge is 0.399 e. The summed E-state index contributed by atoms with van der Waals surface area (Å²) in [5.74, 6) is 1.69. The molecule has 0 radical (unpaired) electrons. The topological polar surface area (TPSA) is 55.4 Å². The van der Waals surface area contributed by atoms with Gasteiger partial charge in [0.1, 0.15) is 5.82 Å². The van der Waals surface area contributed by atoms with Crippen molar-refractivity contribution in [3.05, 3.63) is 30.4 Å². The molecule has 3 rings (SSSR count). The van der Waals surface area contributed by atoms with E-state index in [9.17, 15) is 0 Å². The van der Waals surface area contributed by atoms with E-state index in [4.69, 9.17) is 5.73 Å². The van der Waals surface area contributed by atoms with Gasteiger partial charge in [-0.25, -0.2) is 4.98 Å². The minimum Gasteiger partial charge on any atom is -0.399 e. The Morgan fingerprint density at radius 2 is 2.36 bits per heavy atom. The number of fused-ring (bicyclic) bond motifs is 1. The predicted octanol–water partition coefficient (Wildman–Crippen LogP) is 0.603. The number of hydrogen-bond acceptors (Lipinski definition) is 3. The number of aromatic nitrogens is 2. The minimum absolute atomic E-state index is 0.557. The molecule has 1 aliphatic heterocycles. The standard InChI is InChI=1S/C10H12N4/c11-8-1-2-14-9(3-8)6-13-10(14)7-4-12-5-7/h1-3,6-7,12H,4-5,11H2. The van der Waals surface area contributed by atoms with E-state index in [0.29, 0.717) is 5.92 Å². The lowest BCUT2D eigenvalue weighted by Gasteiger charge is -2.25. The molecule has 72 valence electrons. The Labute approximate surface area is 81.7 Å². The molecule has 14 heavy (non-hydrogen) atoms. The normalized spacial score (nSPS) is 17.1. The first-order chi connectivity index (χ1) is 6.84. The maximum absolute atomic E-state index is 5.70. The molecule has 0 aliphatic carbocycles. The van der Waals surface area contributed by atoms with Crippen LogP contribution in [0, 0.1) is 0 Å². The molecular formula is C10H12N4. The van der Waals surface area contributed by atoms with Gasteiger partial charge in [0.15, 0.2) is 0 Å². The Bertz CT molecular complexity index is 470. The molecule has 0 aromatic carbocycles. The molecule has 0 atom stereocenters. The van der Waals surface area contributed by atoms with Gasteiger partial charge >= 0.3 is 0 Å². The molecule has 0 amide bonds. The Kier molecular flexibility index (Phi) is 1.52. The third kappa shape index (κ3) is 1.01. The first-order valence-corrected chi connectivity index (χ1v) is 4.78. The monoisotopic (exact) mass is 188 g/mol. The fraction of sp³-hybridized carbons (Fsp3) is 0.300. The van der Waals surface area contributed by atoms with Gasteiger partial charge in [0.05, 0.1) is 11.7 Å². The zero-order valence-electron chi connectivity index (χ0n) is 7.77. The fourth-order valence-corrected chi connectivity index (χ4v) is 1.81. The maximum atomic E-state index is 5.70. The highest BCUT2D eigenvalue weighted by Crippen LogP contribution is 2.20. The molecule has 1 fully saturated rings. The van der Waals surface area contributed by atoms with Crippen LogP contribution in [0.2, 0.25) is 0 Å². The molecule has 0 spiro atoms. The molecule has 4 nitrogen and oxygen atoms in total. The number of imidazole rings is 1. The van der Waals surface area contributed by atoms with E-state index in [-0.39, 0.29) is 0 Å². The van der Waals surface area contributed by atoms with E-state index in [0.717, 1.165) is 30.1 Å².